The van der Waals surface area contributed by atoms with Gasteiger partial charge < -0.3 is 14.8 Å². The van der Waals surface area contributed by atoms with Crippen LogP contribution in [0.2, 0.25) is 0 Å². The lowest BCUT2D eigenvalue weighted by atomic mass is 10.2. The SMILES string of the molecule is C=C(C)COc1ccc(NC(=O)c2ccc(OC)cc2)cc1. The summed E-state index contributed by atoms with van der Waals surface area (Å²) in [5.74, 6) is 1.29. The Bertz CT molecular complexity index is 645. The number of benzene rings is 2. The van der Waals surface area contributed by atoms with E-state index in [0.29, 0.717) is 17.9 Å². The van der Waals surface area contributed by atoms with Crippen LogP contribution in [0, 0.1) is 0 Å². The molecule has 2 aromatic rings. The van der Waals surface area contributed by atoms with Gasteiger partial charge in [0.05, 0.1) is 7.11 Å². The standard InChI is InChI=1S/C18H19NO3/c1-13(2)12-22-17-10-6-15(7-11-17)19-18(20)14-4-8-16(21-3)9-5-14/h4-11H,1,12H2,2-3H3,(H,19,20). The van der Waals surface area contributed by atoms with Crippen LogP contribution in [-0.4, -0.2) is 19.6 Å². The highest BCUT2D eigenvalue weighted by Gasteiger charge is 2.06. The summed E-state index contributed by atoms with van der Waals surface area (Å²) in [5.41, 5.74) is 2.24. The van der Waals surface area contributed by atoms with Crippen molar-refractivity contribution in [3.05, 3.63) is 66.2 Å². The zero-order valence-corrected chi connectivity index (χ0v) is 12.8. The fourth-order valence-electron chi connectivity index (χ4n) is 1.79. The second kappa shape index (κ2) is 7.31. The lowest BCUT2D eigenvalue weighted by Crippen LogP contribution is -2.11. The Morgan fingerprint density at radius 2 is 1.64 bits per heavy atom. The van der Waals surface area contributed by atoms with Gasteiger partial charge >= 0.3 is 0 Å². The fourth-order valence-corrected chi connectivity index (χ4v) is 1.79. The molecule has 0 unspecified atom stereocenters. The molecular formula is C18H19NO3. The van der Waals surface area contributed by atoms with Gasteiger partial charge in [0.1, 0.15) is 18.1 Å². The van der Waals surface area contributed by atoms with E-state index in [2.05, 4.69) is 11.9 Å². The first kappa shape index (κ1) is 15.6. The Morgan fingerprint density at radius 1 is 1.05 bits per heavy atom. The average molecular weight is 297 g/mol. The maximum atomic E-state index is 12.1. The van der Waals surface area contributed by atoms with Crippen LogP contribution in [0.5, 0.6) is 11.5 Å². The van der Waals surface area contributed by atoms with Gasteiger partial charge in [0, 0.05) is 11.3 Å². The molecule has 0 aliphatic carbocycles. The molecule has 4 nitrogen and oxygen atoms in total. The fraction of sp³-hybridized carbons (Fsp3) is 0.167. The Labute approximate surface area is 130 Å². The molecule has 0 spiro atoms. The van der Waals surface area contributed by atoms with E-state index in [1.165, 1.54) is 0 Å². The molecule has 114 valence electrons. The molecule has 0 aromatic heterocycles. The van der Waals surface area contributed by atoms with Crippen LogP contribution in [0.15, 0.2) is 60.7 Å². The van der Waals surface area contributed by atoms with Gasteiger partial charge in [-0.1, -0.05) is 6.58 Å². The minimum absolute atomic E-state index is 0.168. The largest absolute Gasteiger partial charge is 0.497 e. The molecule has 4 heteroatoms. The molecule has 1 amide bonds. The molecule has 2 rings (SSSR count). The number of methoxy groups -OCH3 is 1. The van der Waals surface area contributed by atoms with E-state index in [9.17, 15) is 4.79 Å². The molecule has 0 bridgehead atoms. The van der Waals surface area contributed by atoms with Crippen LogP contribution in [-0.2, 0) is 0 Å². The van der Waals surface area contributed by atoms with Crippen molar-refractivity contribution in [2.75, 3.05) is 19.0 Å². The zero-order chi connectivity index (χ0) is 15.9. The minimum Gasteiger partial charge on any atom is -0.497 e. The third-order valence-electron chi connectivity index (χ3n) is 2.95. The van der Waals surface area contributed by atoms with E-state index in [1.54, 1.807) is 43.5 Å². The molecule has 0 saturated heterocycles. The summed E-state index contributed by atoms with van der Waals surface area (Å²) in [6.07, 6.45) is 0. The number of hydrogen-bond donors (Lipinski definition) is 1. The number of carbonyl (C=O) groups is 1. The smallest absolute Gasteiger partial charge is 0.255 e. The van der Waals surface area contributed by atoms with Gasteiger partial charge in [-0.2, -0.15) is 0 Å². The summed E-state index contributed by atoms with van der Waals surface area (Å²) in [4.78, 5) is 12.1. The summed E-state index contributed by atoms with van der Waals surface area (Å²) in [5, 5.41) is 2.83. The quantitative estimate of drug-likeness (QED) is 0.823. The van der Waals surface area contributed by atoms with Gasteiger partial charge in [0.25, 0.3) is 5.91 Å². The van der Waals surface area contributed by atoms with Crippen molar-refractivity contribution in [3.63, 3.8) is 0 Å². The monoisotopic (exact) mass is 297 g/mol. The van der Waals surface area contributed by atoms with E-state index in [1.807, 2.05) is 19.1 Å². The molecule has 0 fully saturated rings. The highest BCUT2D eigenvalue weighted by molar-refractivity contribution is 6.04. The van der Waals surface area contributed by atoms with Gasteiger partial charge in [-0.25, -0.2) is 0 Å². The molecule has 2 aromatic carbocycles. The first-order chi connectivity index (χ1) is 10.6. The van der Waals surface area contributed by atoms with Gasteiger partial charge in [0.2, 0.25) is 0 Å². The first-order valence-corrected chi connectivity index (χ1v) is 6.91. The number of amides is 1. The van der Waals surface area contributed by atoms with Crippen molar-refractivity contribution < 1.29 is 14.3 Å². The zero-order valence-electron chi connectivity index (χ0n) is 12.8. The molecule has 0 aliphatic heterocycles. The van der Waals surface area contributed by atoms with Crippen molar-refractivity contribution in [1.29, 1.82) is 0 Å². The second-order valence-corrected chi connectivity index (χ2v) is 4.95. The summed E-state index contributed by atoms with van der Waals surface area (Å²) in [7, 11) is 1.59. The van der Waals surface area contributed by atoms with Crippen LogP contribution in [0.4, 0.5) is 5.69 Å². The molecule has 22 heavy (non-hydrogen) atoms. The van der Waals surface area contributed by atoms with Crippen LogP contribution in [0.3, 0.4) is 0 Å². The molecule has 0 radical (unpaired) electrons. The lowest BCUT2D eigenvalue weighted by molar-refractivity contribution is 0.102. The Hall–Kier alpha value is -2.75. The number of carbonyl (C=O) groups excluding carboxylic acids is 1. The van der Waals surface area contributed by atoms with Gasteiger partial charge in [-0.3, -0.25) is 4.79 Å². The predicted molar refractivity (Wildman–Crippen MR) is 87.7 cm³/mol. The number of nitrogens with one attached hydrogen (secondary N) is 1. The second-order valence-electron chi connectivity index (χ2n) is 4.95. The Morgan fingerprint density at radius 3 is 2.18 bits per heavy atom. The van der Waals surface area contributed by atoms with E-state index in [4.69, 9.17) is 9.47 Å². The van der Waals surface area contributed by atoms with E-state index in [0.717, 1.165) is 17.1 Å². The van der Waals surface area contributed by atoms with Crippen molar-refractivity contribution in [1.82, 2.24) is 0 Å². The van der Waals surface area contributed by atoms with Crippen LogP contribution >= 0.6 is 0 Å². The minimum atomic E-state index is -0.168. The number of hydrogen-bond acceptors (Lipinski definition) is 3. The topological polar surface area (TPSA) is 47.6 Å². The highest BCUT2D eigenvalue weighted by Crippen LogP contribution is 2.18. The molecular weight excluding hydrogens is 278 g/mol. The van der Waals surface area contributed by atoms with Gasteiger partial charge in [-0.05, 0) is 61.0 Å². The summed E-state index contributed by atoms with van der Waals surface area (Å²) >= 11 is 0. The summed E-state index contributed by atoms with van der Waals surface area (Å²) < 4.78 is 10.6. The Balaban J connectivity index is 1.97. The molecule has 0 atom stereocenters. The maximum absolute atomic E-state index is 12.1. The lowest BCUT2D eigenvalue weighted by Gasteiger charge is -2.08. The third kappa shape index (κ3) is 4.38. The number of rotatable bonds is 6. The van der Waals surface area contributed by atoms with Gasteiger partial charge in [0.15, 0.2) is 0 Å². The van der Waals surface area contributed by atoms with Crippen molar-refractivity contribution in [2.24, 2.45) is 0 Å². The van der Waals surface area contributed by atoms with E-state index >= 15 is 0 Å². The molecule has 1 N–H and O–H groups in total. The normalized spacial score (nSPS) is 9.91. The molecule has 0 aliphatic rings. The molecule has 0 heterocycles. The molecule has 0 saturated carbocycles. The maximum Gasteiger partial charge on any atom is 0.255 e. The van der Waals surface area contributed by atoms with Crippen LogP contribution < -0.4 is 14.8 Å². The van der Waals surface area contributed by atoms with Crippen molar-refractivity contribution in [3.8, 4) is 11.5 Å². The van der Waals surface area contributed by atoms with Crippen LogP contribution in [0.1, 0.15) is 17.3 Å². The number of ether oxygens (including phenoxy) is 2. The number of anilines is 1. The third-order valence-corrected chi connectivity index (χ3v) is 2.95. The van der Waals surface area contributed by atoms with E-state index in [-0.39, 0.29) is 5.91 Å². The average Bonchev–Trinajstić information content (AvgIpc) is 2.54. The summed E-state index contributed by atoms with van der Waals surface area (Å²) in [6, 6.07) is 14.2. The van der Waals surface area contributed by atoms with E-state index < -0.39 is 0 Å². The van der Waals surface area contributed by atoms with Gasteiger partial charge in [-0.15, -0.1) is 0 Å². The highest BCUT2D eigenvalue weighted by atomic mass is 16.5. The Kier molecular flexibility index (Phi) is 5.20. The van der Waals surface area contributed by atoms with Crippen LogP contribution in [0.25, 0.3) is 0 Å². The summed E-state index contributed by atoms with van der Waals surface area (Å²) in [6.45, 7) is 6.17. The predicted octanol–water partition coefficient (Wildman–Crippen LogP) is 3.90. The van der Waals surface area contributed by atoms with Crippen molar-refractivity contribution >= 4 is 11.6 Å². The first-order valence-electron chi connectivity index (χ1n) is 6.91. The van der Waals surface area contributed by atoms with Crippen molar-refractivity contribution in [2.45, 2.75) is 6.92 Å².